The lowest BCUT2D eigenvalue weighted by molar-refractivity contribution is 0.0764. The van der Waals surface area contributed by atoms with Crippen molar-refractivity contribution in [2.24, 2.45) is 0 Å². The number of carbonyl (C=O) groups is 1. The number of nitrogens with zero attached hydrogens (tertiary/aromatic N) is 2. The molecule has 0 saturated carbocycles. The van der Waals surface area contributed by atoms with E-state index in [1.165, 1.54) is 16.4 Å². The summed E-state index contributed by atoms with van der Waals surface area (Å²) in [4.78, 5) is 18.2. The van der Waals surface area contributed by atoms with Crippen LogP contribution in [0.5, 0.6) is 0 Å². The number of benzene rings is 2. The predicted octanol–water partition coefficient (Wildman–Crippen LogP) is 3.46. The SMILES string of the molecule is Cc1[nH]c2ccc(C(=O)N3CCCN(S(=O)(=O)c4ccc(F)cc4)CC3)cc2c1C. The van der Waals surface area contributed by atoms with E-state index in [1.807, 2.05) is 26.0 Å². The number of carbonyl (C=O) groups excluding carboxylic acids is 1. The van der Waals surface area contributed by atoms with Gasteiger partial charge in [-0.3, -0.25) is 4.79 Å². The number of aromatic amines is 1. The van der Waals surface area contributed by atoms with Crippen LogP contribution in [-0.4, -0.2) is 54.7 Å². The lowest BCUT2D eigenvalue weighted by atomic mass is 10.1. The number of nitrogens with one attached hydrogen (secondary N) is 1. The van der Waals surface area contributed by atoms with Gasteiger partial charge < -0.3 is 9.88 Å². The topological polar surface area (TPSA) is 73.5 Å². The highest BCUT2D eigenvalue weighted by Gasteiger charge is 2.28. The molecule has 0 atom stereocenters. The molecule has 6 nitrogen and oxygen atoms in total. The number of rotatable bonds is 3. The van der Waals surface area contributed by atoms with Crippen molar-refractivity contribution in [1.82, 2.24) is 14.2 Å². The number of hydrogen-bond acceptors (Lipinski definition) is 3. The third kappa shape index (κ3) is 3.73. The van der Waals surface area contributed by atoms with Gasteiger partial charge in [0, 0.05) is 48.3 Å². The summed E-state index contributed by atoms with van der Waals surface area (Å²) in [6.07, 6.45) is 0.538. The fraction of sp³-hybridized carbons (Fsp3) is 0.318. The van der Waals surface area contributed by atoms with Crippen LogP contribution in [0.4, 0.5) is 4.39 Å². The predicted molar refractivity (Wildman–Crippen MR) is 113 cm³/mol. The van der Waals surface area contributed by atoms with Crippen LogP contribution in [-0.2, 0) is 10.0 Å². The molecule has 0 radical (unpaired) electrons. The first kappa shape index (κ1) is 20.6. The quantitative estimate of drug-likeness (QED) is 0.693. The molecule has 158 valence electrons. The first-order valence-electron chi connectivity index (χ1n) is 9.91. The monoisotopic (exact) mass is 429 g/mol. The summed E-state index contributed by atoms with van der Waals surface area (Å²) in [7, 11) is -3.72. The van der Waals surface area contributed by atoms with Gasteiger partial charge in [0.2, 0.25) is 10.0 Å². The van der Waals surface area contributed by atoms with Crippen molar-refractivity contribution in [1.29, 1.82) is 0 Å². The Morgan fingerprint density at radius 2 is 1.73 bits per heavy atom. The molecule has 0 unspecified atom stereocenters. The van der Waals surface area contributed by atoms with Crippen molar-refractivity contribution in [3.05, 3.63) is 65.1 Å². The minimum atomic E-state index is -3.72. The van der Waals surface area contributed by atoms with Gasteiger partial charge in [0.05, 0.1) is 4.90 Å². The molecule has 0 bridgehead atoms. The van der Waals surface area contributed by atoms with Crippen molar-refractivity contribution in [2.45, 2.75) is 25.2 Å². The van der Waals surface area contributed by atoms with Crippen molar-refractivity contribution < 1.29 is 17.6 Å². The molecule has 1 aromatic heterocycles. The zero-order valence-corrected chi connectivity index (χ0v) is 17.8. The number of amides is 1. The number of fused-ring (bicyclic) bond motifs is 1. The Bertz CT molecular complexity index is 1200. The highest BCUT2D eigenvalue weighted by atomic mass is 32.2. The van der Waals surface area contributed by atoms with Gasteiger partial charge in [0.1, 0.15) is 5.82 Å². The highest BCUT2D eigenvalue weighted by Crippen LogP contribution is 2.24. The summed E-state index contributed by atoms with van der Waals surface area (Å²) in [5.74, 6) is -0.581. The van der Waals surface area contributed by atoms with E-state index in [0.29, 0.717) is 31.6 Å². The first-order valence-corrected chi connectivity index (χ1v) is 11.4. The number of sulfonamides is 1. The Morgan fingerprint density at radius 1 is 1.00 bits per heavy atom. The molecule has 1 fully saturated rings. The smallest absolute Gasteiger partial charge is 0.253 e. The van der Waals surface area contributed by atoms with Crippen LogP contribution in [0.25, 0.3) is 10.9 Å². The lowest BCUT2D eigenvalue weighted by Gasteiger charge is -2.22. The minimum absolute atomic E-state index is 0.0624. The van der Waals surface area contributed by atoms with E-state index in [1.54, 1.807) is 11.0 Å². The normalized spacial score (nSPS) is 16.0. The van der Waals surface area contributed by atoms with Crippen LogP contribution in [0, 0.1) is 19.7 Å². The van der Waals surface area contributed by atoms with E-state index in [0.717, 1.165) is 34.3 Å². The fourth-order valence-electron chi connectivity index (χ4n) is 3.87. The van der Waals surface area contributed by atoms with E-state index in [-0.39, 0.29) is 17.3 Å². The number of halogens is 1. The zero-order chi connectivity index (χ0) is 21.5. The average molecular weight is 430 g/mol. The largest absolute Gasteiger partial charge is 0.358 e. The van der Waals surface area contributed by atoms with Crippen molar-refractivity contribution in [3.8, 4) is 0 Å². The number of aromatic nitrogens is 1. The Hall–Kier alpha value is -2.71. The summed E-state index contributed by atoms with van der Waals surface area (Å²) in [5.41, 5.74) is 3.78. The van der Waals surface area contributed by atoms with Gasteiger partial charge in [-0.1, -0.05) is 0 Å². The minimum Gasteiger partial charge on any atom is -0.358 e. The number of hydrogen-bond donors (Lipinski definition) is 1. The van der Waals surface area contributed by atoms with E-state index in [4.69, 9.17) is 0 Å². The maximum Gasteiger partial charge on any atom is 0.253 e. The first-order chi connectivity index (χ1) is 14.3. The lowest BCUT2D eigenvalue weighted by Crippen LogP contribution is -2.37. The van der Waals surface area contributed by atoms with E-state index >= 15 is 0 Å². The maximum atomic E-state index is 13.2. The molecule has 3 aromatic rings. The van der Waals surface area contributed by atoms with Gasteiger partial charge in [-0.2, -0.15) is 4.31 Å². The summed E-state index contributed by atoms with van der Waals surface area (Å²) in [5, 5.41) is 1.02. The Morgan fingerprint density at radius 3 is 2.47 bits per heavy atom. The summed E-state index contributed by atoms with van der Waals surface area (Å²) in [6.45, 7) is 5.34. The molecule has 8 heteroatoms. The van der Waals surface area contributed by atoms with Crippen LogP contribution in [0.15, 0.2) is 47.4 Å². The number of aryl methyl sites for hydroxylation is 2. The molecule has 0 aliphatic carbocycles. The van der Waals surface area contributed by atoms with Gasteiger partial charge in [-0.15, -0.1) is 0 Å². The standard InChI is InChI=1S/C22H24FN3O3S/c1-15-16(2)24-21-9-4-17(14-20(15)21)22(27)25-10-3-11-26(13-12-25)30(28,29)19-7-5-18(23)6-8-19/h4-9,14,24H,3,10-13H2,1-2H3. The zero-order valence-electron chi connectivity index (χ0n) is 17.0. The second-order valence-electron chi connectivity index (χ2n) is 7.64. The Labute approximate surface area is 175 Å². The van der Waals surface area contributed by atoms with Gasteiger partial charge in [-0.05, 0) is 68.3 Å². The molecule has 0 spiro atoms. The second-order valence-corrected chi connectivity index (χ2v) is 9.58. The van der Waals surface area contributed by atoms with Crippen LogP contribution >= 0.6 is 0 Å². The third-order valence-electron chi connectivity index (χ3n) is 5.75. The van der Waals surface area contributed by atoms with E-state index < -0.39 is 15.8 Å². The molecule has 2 aromatic carbocycles. The molecule has 1 saturated heterocycles. The number of H-pyrrole nitrogens is 1. The third-order valence-corrected chi connectivity index (χ3v) is 7.66. The molecular formula is C22H24FN3O3S. The molecule has 1 amide bonds. The maximum absolute atomic E-state index is 13.2. The van der Waals surface area contributed by atoms with Crippen molar-refractivity contribution in [3.63, 3.8) is 0 Å². The molecule has 1 N–H and O–H groups in total. The Balaban J connectivity index is 1.52. The van der Waals surface area contributed by atoms with E-state index in [9.17, 15) is 17.6 Å². The molecular weight excluding hydrogens is 405 g/mol. The van der Waals surface area contributed by atoms with Crippen molar-refractivity contribution in [2.75, 3.05) is 26.2 Å². The van der Waals surface area contributed by atoms with Gasteiger partial charge in [0.15, 0.2) is 0 Å². The fourth-order valence-corrected chi connectivity index (χ4v) is 5.34. The molecule has 4 rings (SSSR count). The van der Waals surface area contributed by atoms with E-state index in [2.05, 4.69) is 4.98 Å². The second kappa shape index (κ2) is 7.85. The summed E-state index contributed by atoms with van der Waals surface area (Å²) in [6, 6.07) is 10.4. The van der Waals surface area contributed by atoms with Crippen molar-refractivity contribution >= 4 is 26.8 Å². The average Bonchev–Trinajstić information content (AvgIpc) is 2.90. The molecule has 2 heterocycles. The van der Waals surface area contributed by atoms with Crippen LogP contribution in [0.1, 0.15) is 28.0 Å². The summed E-state index contributed by atoms with van der Waals surface area (Å²) >= 11 is 0. The van der Waals surface area contributed by atoms with Crippen LogP contribution < -0.4 is 0 Å². The highest BCUT2D eigenvalue weighted by molar-refractivity contribution is 7.89. The van der Waals surface area contributed by atoms with Gasteiger partial charge >= 0.3 is 0 Å². The molecule has 1 aliphatic rings. The molecule has 30 heavy (non-hydrogen) atoms. The molecule has 1 aliphatic heterocycles. The van der Waals surface area contributed by atoms with Gasteiger partial charge in [-0.25, -0.2) is 12.8 Å². The summed E-state index contributed by atoms with van der Waals surface area (Å²) < 4.78 is 40.3. The van der Waals surface area contributed by atoms with Gasteiger partial charge in [0.25, 0.3) is 5.91 Å². The Kier molecular flexibility index (Phi) is 5.38. The van der Waals surface area contributed by atoms with Crippen LogP contribution in [0.2, 0.25) is 0 Å². The van der Waals surface area contributed by atoms with Crippen LogP contribution in [0.3, 0.4) is 0 Å².